The zero-order valence-electron chi connectivity index (χ0n) is 38.0. The highest BCUT2D eigenvalue weighted by molar-refractivity contribution is 6.22. The minimum absolute atomic E-state index is 0.334. The fourth-order valence-corrected chi connectivity index (χ4v) is 8.71. The molecule has 5 atom stereocenters. The number of aromatic hydroxyl groups is 15. The molecule has 16 N–H and O–H groups in total. The van der Waals surface area contributed by atoms with Crippen LogP contribution in [0.4, 0.5) is 0 Å². The molecule has 2 aliphatic heterocycles. The Morgan fingerprint density at radius 2 is 0.987 bits per heavy atom. The highest BCUT2D eigenvalue weighted by Gasteiger charge is 2.54. The minimum Gasteiger partial charge on any atom is -0.504 e. The predicted octanol–water partition coefficient (Wildman–Crippen LogP) is 2.40. The molecule has 0 amide bonds. The van der Waals surface area contributed by atoms with Crippen LogP contribution in [-0.2, 0) is 23.7 Å². The number of carbonyl (C=O) groups is 4. The standard InChI is InChI=1S/C48H30O30/c49-15-1-9(2-16(50)27(15)55)42(64)77-40-37-22(8-71-43(65)10-3-17(51)28(56)33(61)23(10)24-11(44(66)74-37)4-18(52)29(57)34(24)62)73-48(70)41(40)78-47(69)14-6-19(53)30(58)35(63)36(14)72-21-7-13-26-25-12(45(67)76-39(26)32(21)60)5-20(54)31(59)38(25)75-46(13)68/h1-7,22,37,40-41,48-63,70H,8H2. The molecule has 0 saturated carbocycles. The zero-order valence-corrected chi connectivity index (χ0v) is 38.0. The predicted molar refractivity (Wildman–Crippen MR) is 246 cm³/mol. The maximum absolute atomic E-state index is 14.5. The molecular formula is C48H30O30. The summed E-state index contributed by atoms with van der Waals surface area (Å²) in [6, 6.07) is 3.67. The average Bonchev–Trinajstić information content (AvgIpc) is 3.41. The van der Waals surface area contributed by atoms with Crippen LogP contribution in [0, 0.1) is 0 Å². The summed E-state index contributed by atoms with van der Waals surface area (Å²) in [5.74, 6) is -28.5. The van der Waals surface area contributed by atoms with Crippen LogP contribution in [0.1, 0.15) is 41.4 Å². The van der Waals surface area contributed by atoms with Gasteiger partial charge in [0, 0.05) is 34.0 Å². The van der Waals surface area contributed by atoms with E-state index in [1.54, 1.807) is 0 Å². The molecule has 0 bridgehead atoms. The van der Waals surface area contributed by atoms with Gasteiger partial charge in [-0.1, -0.05) is 0 Å². The van der Waals surface area contributed by atoms with Crippen LogP contribution in [0.5, 0.6) is 97.7 Å². The summed E-state index contributed by atoms with van der Waals surface area (Å²) in [7, 11) is 0. The molecule has 6 aromatic carbocycles. The van der Waals surface area contributed by atoms with Gasteiger partial charge in [-0.05, 0) is 30.3 Å². The number of aliphatic hydroxyl groups is 1. The molecule has 78 heavy (non-hydrogen) atoms. The summed E-state index contributed by atoms with van der Waals surface area (Å²) >= 11 is 0. The van der Waals surface area contributed by atoms with E-state index in [4.69, 9.17) is 37.3 Å². The molecule has 8 aromatic rings. The van der Waals surface area contributed by atoms with Crippen molar-refractivity contribution in [2.75, 3.05) is 6.61 Å². The molecule has 1 saturated heterocycles. The van der Waals surface area contributed by atoms with Gasteiger partial charge in [0.05, 0.1) is 27.5 Å². The van der Waals surface area contributed by atoms with Gasteiger partial charge in [-0.15, -0.1) is 0 Å². The molecule has 30 heteroatoms. The first-order valence-electron chi connectivity index (χ1n) is 21.6. The Morgan fingerprint density at radius 1 is 0.500 bits per heavy atom. The number of ether oxygens (including phenoxy) is 6. The van der Waals surface area contributed by atoms with E-state index in [2.05, 4.69) is 0 Å². The van der Waals surface area contributed by atoms with Crippen LogP contribution in [0.2, 0.25) is 0 Å². The van der Waals surface area contributed by atoms with Crippen molar-refractivity contribution in [2.24, 2.45) is 0 Å². The molecule has 0 aliphatic carbocycles. The lowest BCUT2D eigenvalue weighted by atomic mass is 9.92. The van der Waals surface area contributed by atoms with Gasteiger partial charge in [0.25, 0.3) is 0 Å². The summed E-state index contributed by atoms with van der Waals surface area (Å²) in [5, 5.41) is 169. The molecule has 4 heterocycles. The Morgan fingerprint density at radius 3 is 1.58 bits per heavy atom. The second kappa shape index (κ2) is 17.8. The summed E-state index contributed by atoms with van der Waals surface area (Å²) in [6.07, 6.45) is -12.5. The molecule has 402 valence electrons. The van der Waals surface area contributed by atoms with Gasteiger partial charge in [0.1, 0.15) is 18.3 Å². The molecule has 0 radical (unpaired) electrons. The molecule has 1 fully saturated rings. The Kier molecular flexibility index (Phi) is 11.5. The Hall–Kier alpha value is -11.1. The molecule has 10 rings (SSSR count). The number of esters is 4. The van der Waals surface area contributed by atoms with Crippen LogP contribution in [0.3, 0.4) is 0 Å². The first-order valence-corrected chi connectivity index (χ1v) is 21.6. The molecule has 0 spiro atoms. The van der Waals surface area contributed by atoms with E-state index in [1.165, 1.54) is 0 Å². The zero-order chi connectivity index (χ0) is 56.4. The number of hydrogen-bond donors (Lipinski definition) is 16. The van der Waals surface area contributed by atoms with E-state index in [-0.39, 0.29) is 5.39 Å². The van der Waals surface area contributed by atoms with Gasteiger partial charge >= 0.3 is 35.1 Å². The number of aliphatic hydroxyl groups excluding tert-OH is 1. The number of cyclic esters (lactones) is 1. The van der Waals surface area contributed by atoms with E-state index < -0.39 is 231 Å². The maximum atomic E-state index is 14.5. The van der Waals surface area contributed by atoms with Crippen LogP contribution in [0.25, 0.3) is 43.8 Å². The van der Waals surface area contributed by atoms with E-state index in [1.807, 2.05) is 0 Å². The van der Waals surface area contributed by atoms with Gasteiger partial charge in [-0.25, -0.2) is 28.8 Å². The van der Waals surface area contributed by atoms with Gasteiger partial charge in [-0.3, -0.25) is 0 Å². The number of phenolic OH excluding ortho intramolecular Hbond substituents is 15. The van der Waals surface area contributed by atoms with E-state index in [0.717, 1.165) is 6.07 Å². The van der Waals surface area contributed by atoms with Gasteiger partial charge in [-0.2, -0.15) is 0 Å². The van der Waals surface area contributed by atoms with Crippen molar-refractivity contribution < 1.29 is 138 Å². The highest BCUT2D eigenvalue weighted by Crippen LogP contribution is 2.54. The Bertz CT molecular complexity index is 4070. The third-order valence-electron chi connectivity index (χ3n) is 12.4. The highest BCUT2D eigenvalue weighted by atomic mass is 16.7. The van der Waals surface area contributed by atoms with E-state index >= 15 is 0 Å². The van der Waals surface area contributed by atoms with Crippen molar-refractivity contribution >= 4 is 56.6 Å². The van der Waals surface area contributed by atoms with Crippen molar-refractivity contribution in [2.45, 2.75) is 30.7 Å². The molecule has 5 unspecified atom stereocenters. The van der Waals surface area contributed by atoms with Gasteiger partial charge < -0.3 is 119 Å². The largest absolute Gasteiger partial charge is 0.504 e. The van der Waals surface area contributed by atoms with Crippen LogP contribution >= 0.6 is 0 Å². The average molecular weight is 1090 g/mol. The number of hydrogen-bond acceptors (Lipinski definition) is 30. The second-order valence-electron chi connectivity index (χ2n) is 17.0. The van der Waals surface area contributed by atoms with Crippen molar-refractivity contribution in [3.05, 3.63) is 85.6 Å². The summed E-state index contributed by atoms with van der Waals surface area (Å²) in [5.41, 5.74) is -10.6. The lowest BCUT2D eigenvalue weighted by molar-refractivity contribution is -0.284. The van der Waals surface area contributed by atoms with Gasteiger partial charge in [0.2, 0.25) is 34.5 Å². The van der Waals surface area contributed by atoms with Crippen LogP contribution < -0.4 is 16.0 Å². The first kappa shape index (κ1) is 50.4. The fourth-order valence-electron chi connectivity index (χ4n) is 8.71. The topological polar surface area (TPSA) is 508 Å². The first-order chi connectivity index (χ1) is 36.8. The third-order valence-corrected chi connectivity index (χ3v) is 12.4. The maximum Gasteiger partial charge on any atom is 0.344 e. The summed E-state index contributed by atoms with van der Waals surface area (Å²) in [4.78, 5) is 83.2. The van der Waals surface area contributed by atoms with Crippen LogP contribution in [0.15, 0.2) is 60.9 Å². The number of benzene rings is 6. The third kappa shape index (κ3) is 7.66. The lowest BCUT2D eigenvalue weighted by Crippen LogP contribution is -2.62. The molecule has 2 aliphatic rings. The number of carbonyl (C=O) groups excluding carboxylic acids is 4. The number of rotatable bonds is 6. The Labute approximate surface area is 425 Å². The SMILES string of the molecule is O=C(OC1C(OC(=O)c2cc(O)c(O)c(O)c2Oc2cc3c(=O)oc4c(O)c(O)cc5c(=O)oc(c2O)c3c45)C(O)OC2COC(=O)c3cc(O)c(O)c(O)c3-c3c(cc(O)c(O)c3O)C(=O)OC21)c1cc(O)c(O)c(O)c1. The van der Waals surface area contributed by atoms with Crippen molar-refractivity contribution in [3.8, 4) is 109 Å². The van der Waals surface area contributed by atoms with Crippen molar-refractivity contribution in [1.82, 2.24) is 0 Å². The molecular weight excluding hydrogens is 1060 g/mol. The smallest absolute Gasteiger partial charge is 0.344 e. The van der Waals surface area contributed by atoms with E-state index in [9.17, 15) is 110 Å². The number of phenols is 15. The second-order valence-corrected chi connectivity index (χ2v) is 17.0. The van der Waals surface area contributed by atoms with E-state index in [0.29, 0.717) is 36.4 Å². The fraction of sp³-hybridized carbons (Fsp3) is 0.125. The number of fused-ring (bicyclic) bond motifs is 4. The minimum atomic E-state index is -2.69. The lowest BCUT2D eigenvalue weighted by Gasteiger charge is -2.42. The van der Waals surface area contributed by atoms with Crippen molar-refractivity contribution in [1.29, 1.82) is 0 Å². The monoisotopic (exact) mass is 1090 g/mol. The van der Waals surface area contributed by atoms with Gasteiger partial charge in [0.15, 0.2) is 99.0 Å². The summed E-state index contributed by atoms with van der Waals surface area (Å²) < 4.78 is 43.6. The summed E-state index contributed by atoms with van der Waals surface area (Å²) in [6.45, 7) is -1.24. The van der Waals surface area contributed by atoms with Crippen molar-refractivity contribution in [3.63, 3.8) is 0 Å². The molecule has 30 nitrogen and oxygen atoms in total. The van der Waals surface area contributed by atoms with Crippen LogP contribution in [-0.4, -0.2) is 143 Å². The normalized spacial score (nSPS) is 18.3. The Balaban J connectivity index is 1.10. The molecule has 2 aromatic heterocycles. The quantitative estimate of drug-likeness (QED) is 0.0374.